The van der Waals surface area contributed by atoms with Crippen molar-refractivity contribution in [3.05, 3.63) is 12.2 Å². The van der Waals surface area contributed by atoms with Crippen LogP contribution in [-0.4, -0.2) is 46.5 Å². The first-order valence-corrected chi connectivity index (χ1v) is 6.81. The number of hydrazine groups is 1. The van der Waals surface area contributed by atoms with Gasteiger partial charge in [-0.1, -0.05) is 12.2 Å². The van der Waals surface area contributed by atoms with Crippen LogP contribution in [0, 0.1) is 0 Å². The fraction of sp³-hybridized carbons (Fsp3) is 0.714. The first kappa shape index (κ1) is 16.3. The van der Waals surface area contributed by atoms with Gasteiger partial charge in [0.15, 0.2) is 0 Å². The second-order valence-electron chi connectivity index (χ2n) is 5.66. The molecule has 0 atom stereocenters. The van der Waals surface area contributed by atoms with E-state index in [1.807, 2.05) is 39.8 Å². The maximum Gasteiger partial charge on any atom is 0.429 e. The standard InChI is InChI=1S/C14H24N2O4/c1-7-19-11(17)15-13(3,4)9-10-14(5,6)16(15)12(18)20-8-2/h9-10H,7-8H2,1-6H3. The molecule has 2 amide bonds. The highest BCUT2D eigenvalue weighted by molar-refractivity contribution is 5.76. The molecule has 0 aliphatic carbocycles. The average molecular weight is 284 g/mol. The smallest absolute Gasteiger partial charge is 0.429 e. The second-order valence-corrected chi connectivity index (χ2v) is 5.66. The van der Waals surface area contributed by atoms with Crippen LogP contribution in [-0.2, 0) is 9.47 Å². The van der Waals surface area contributed by atoms with Gasteiger partial charge in [-0.25, -0.2) is 19.6 Å². The molecule has 0 N–H and O–H groups in total. The summed E-state index contributed by atoms with van der Waals surface area (Å²) in [6.45, 7) is 11.3. The van der Waals surface area contributed by atoms with E-state index in [-0.39, 0.29) is 13.2 Å². The highest BCUT2D eigenvalue weighted by Gasteiger charge is 2.47. The molecule has 114 valence electrons. The molecular formula is C14H24N2O4. The number of carbonyl (C=O) groups excluding carboxylic acids is 2. The lowest BCUT2D eigenvalue weighted by atomic mass is 9.93. The first-order chi connectivity index (χ1) is 9.17. The van der Waals surface area contributed by atoms with Crippen molar-refractivity contribution in [3.63, 3.8) is 0 Å². The molecule has 0 saturated carbocycles. The lowest BCUT2D eigenvalue weighted by molar-refractivity contribution is -0.0987. The molecule has 1 heterocycles. The zero-order valence-electron chi connectivity index (χ0n) is 13.1. The summed E-state index contributed by atoms with van der Waals surface area (Å²) in [5.41, 5.74) is -1.34. The first-order valence-electron chi connectivity index (χ1n) is 6.81. The molecule has 1 rings (SSSR count). The topological polar surface area (TPSA) is 59.1 Å². The molecule has 0 aromatic rings. The molecule has 0 spiro atoms. The van der Waals surface area contributed by atoms with Crippen LogP contribution in [0.25, 0.3) is 0 Å². The predicted octanol–water partition coefficient (Wildman–Crippen LogP) is 2.95. The summed E-state index contributed by atoms with van der Waals surface area (Å²) in [4.78, 5) is 24.5. The predicted molar refractivity (Wildman–Crippen MR) is 75.0 cm³/mol. The van der Waals surface area contributed by atoms with E-state index in [1.165, 1.54) is 10.0 Å². The molecular weight excluding hydrogens is 260 g/mol. The van der Waals surface area contributed by atoms with Gasteiger partial charge in [0.05, 0.1) is 24.3 Å². The Morgan fingerprint density at radius 1 is 0.850 bits per heavy atom. The molecule has 0 unspecified atom stereocenters. The molecule has 0 bridgehead atoms. The Morgan fingerprint density at radius 3 is 1.40 bits per heavy atom. The average Bonchev–Trinajstić information content (AvgIpc) is 2.32. The number of rotatable bonds is 2. The van der Waals surface area contributed by atoms with Gasteiger partial charge in [-0.3, -0.25) is 0 Å². The summed E-state index contributed by atoms with van der Waals surface area (Å²) in [6.07, 6.45) is 2.64. The van der Waals surface area contributed by atoms with E-state index in [1.54, 1.807) is 13.8 Å². The van der Waals surface area contributed by atoms with Crippen molar-refractivity contribution in [2.75, 3.05) is 13.2 Å². The van der Waals surface area contributed by atoms with Gasteiger partial charge in [0.2, 0.25) is 0 Å². The zero-order chi connectivity index (χ0) is 15.6. The molecule has 1 aliphatic heterocycles. The lowest BCUT2D eigenvalue weighted by Gasteiger charge is -2.51. The fourth-order valence-electron chi connectivity index (χ4n) is 2.07. The number of ether oxygens (including phenoxy) is 2. The summed E-state index contributed by atoms with van der Waals surface area (Å²) >= 11 is 0. The van der Waals surface area contributed by atoms with Crippen LogP contribution in [0.2, 0.25) is 0 Å². The van der Waals surface area contributed by atoms with Crippen molar-refractivity contribution in [3.8, 4) is 0 Å². The molecule has 6 heteroatoms. The highest BCUT2D eigenvalue weighted by atomic mass is 16.6. The summed E-state index contributed by atoms with van der Waals surface area (Å²) in [5, 5.41) is 2.63. The van der Waals surface area contributed by atoms with Gasteiger partial charge in [0, 0.05) is 0 Å². The Balaban J connectivity index is 3.25. The van der Waals surface area contributed by atoms with E-state index in [2.05, 4.69) is 0 Å². The Morgan fingerprint density at radius 2 is 1.15 bits per heavy atom. The maximum atomic E-state index is 12.2. The van der Waals surface area contributed by atoms with Crippen LogP contribution in [0.15, 0.2) is 12.2 Å². The molecule has 0 aromatic carbocycles. The van der Waals surface area contributed by atoms with E-state index >= 15 is 0 Å². The van der Waals surface area contributed by atoms with Crippen LogP contribution in [0.1, 0.15) is 41.5 Å². The van der Waals surface area contributed by atoms with E-state index < -0.39 is 23.3 Å². The zero-order valence-corrected chi connectivity index (χ0v) is 13.1. The van der Waals surface area contributed by atoms with Crippen molar-refractivity contribution in [1.29, 1.82) is 0 Å². The van der Waals surface area contributed by atoms with Crippen molar-refractivity contribution >= 4 is 12.2 Å². The number of amides is 2. The quantitative estimate of drug-likeness (QED) is 0.731. The van der Waals surface area contributed by atoms with Crippen molar-refractivity contribution < 1.29 is 19.1 Å². The van der Waals surface area contributed by atoms with E-state index in [0.717, 1.165) is 0 Å². The summed E-state index contributed by atoms with van der Waals surface area (Å²) in [5.74, 6) is 0. The van der Waals surface area contributed by atoms with Gasteiger partial charge < -0.3 is 9.47 Å². The maximum absolute atomic E-state index is 12.2. The minimum atomic E-state index is -0.672. The van der Waals surface area contributed by atoms with Crippen molar-refractivity contribution in [2.24, 2.45) is 0 Å². The van der Waals surface area contributed by atoms with Crippen LogP contribution < -0.4 is 0 Å². The molecule has 0 radical (unpaired) electrons. The minimum absolute atomic E-state index is 0.242. The summed E-state index contributed by atoms with van der Waals surface area (Å²) in [6, 6.07) is 0. The minimum Gasteiger partial charge on any atom is -0.448 e. The van der Waals surface area contributed by atoms with Gasteiger partial charge in [0.1, 0.15) is 0 Å². The number of carbonyl (C=O) groups is 2. The monoisotopic (exact) mass is 284 g/mol. The number of nitrogens with zero attached hydrogens (tertiary/aromatic N) is 2. The van der Waals surface area contributed by atoms with Crippen LogP contribution in [0.5, 0.6) is 0 Å². The van der Waals surface area contributed by atoms with Gasteiger partial charge in [-0.05, 0) is 41.5 Å². The van der Waals surface area contributed by atoms with E-state index in [9.17, 15) is 9.59 Å². The highest BCUT2D eigenvalue weighted by Crippen LogP contribution is 2.33. The van der Waals surface area contributed by atoms with Gasteiger partial charge >= 0.3 is 12.2 Å². The SMILES string of the molecule is CCOC(=O)N1N(C(=O)OCC)C(C)(C)C=CC1(C)C. The Hall–Kier alpha value is -1.72. The van der Waals surface area contributed by atoms with Crippen LogP contribution in [0.4, 0.5) is 9.59 Å². The van der Waals surface area contributed by atoms with E-state index in [0.29, 0.717) is 0 Å². The Bertz CT molecular complexity index is 377. The van der Waals surface area contributed by atoms with Crippen LogP contribution in [0.3, 0.4) is 0 Å². The summed E-state index contributed by atoms with van der Waals surface area (Å²) in [7, 11) is 0. The number of hydrogen-bond acceptors (Lipinski definition) is 4. The molecule has 1 aliphatic rings. The number of hydrogen-bond donors (Lipinski definition) is 0. The fourth-order valence-corrected chi connectivity index (χ4v) is 2.07. The largest absolute Gasteiger partial charge is 0.448 e. The molecule has 20 heavy (non-hydrogen) atoms. The molecule has 6 nitrogen and oxygen atoms in total. The normalized spacial score (nSPS) is 19.7. The van der Waals surface area contributed by atoms with Gasteiger partial charge in [-0.15, -0.1) is 0 Å². The molecule has 0 aromatic heterocycles. The van der Waals surface area contributed by atoms with Gasteiger partial charge in [0.25, 0.3) is 0 Å². The lowest BCUT2D eigenvalue weighted by Crippen LogP contribution is -2.67. The van der Waals surface area contributed by atoms with Crippen molar-refractivity contribution in [1.82, 2.24) is 10.0 Å². The second kappa shape index (κ2) is 5.73. The Kier molecular flexibility index (Phi) is 4.68. The van der Waals surface area contributed by atoms with Crippen LogP contribution >= 0.6 is 0 Å². The van der Waals surface area contributed by atoms with E-state index in [4.69, 9.17) is 9.47 Å². The third-order valence-corrected chi connectivity index (χ3v) is 3.07. The molecule has 0 fully saturated rings. The molecule has 0 saturated heterocycles. The summed E-state index contributed by atoms with van der Waals surface area (Å²) < 4.78 is 10.1. The third-order valence-electron chi connectivity index (χ3n) is 3.07. The third kappa shape index (κ3) is 3.05. The van der Waals surface area contributed by atoms with Crippen molar-refractivity contribution in [2.45, 2.75) is 52.6 Å². The Labute approximate surface area is 120 Å². The van der Waals surface area contributed by atoms with Gasteiger partial charge in [-0.2, -0.15) is 0 Å².